The number of anilines is 2. The van der Waals surface area contributed by atoms with Crippen molar-refractivity contribution in [1.82, 2.24) is 9.78 Å². The van der Waals surface area contributed by atoms with E-state index in [2.05, 4.69) is 10.4 Å². The van der Waals surface area contributed by atoms with Gasteiger partial charge in [-0.3, -0.25) is 4.79 Å². The zero-order valence-corrected chi connectivity index (χ0v) is 11.5. The molecule has 1 aromatic carbocycles. The van der Waals surface area contributed by atoms with Crippen molar-refractivity contribution in [2.45, 2.75) is 19.9 Å². The van der Waals surface area contributed by atoms with Crippen LogP contribution in [0.25, 0.3) is 0 Å². The lowest BCUT2D eigenvalue weighted by atomic mass is 10.3. The molecule has 0 bridgehead atoms. The standard InChI is InChI=1S/C14H18N4O2/c1-10(2)18-13(6-7-16-18)17-14(19)9-20-12-5-3-4-11(15)8-12/h3-8,10H,9,15H2,1-2H3,(H,17,19). The Hall–Kier alpha value is -2.50. The number of carbonyl (C=O) groups excluding carboxylic acids is 1. The summed E-state index contributed by atoms with van der Waals surface area (Å²) in [6.07, 6.45) is 1.65. The number of nitrogens with zero attached hydrogens (tertiary/aromatic N) is 2. The summed E-state index contributed by atoms with van der Waals surface area (Å²) in [4.78, 5) is 11.8. The zero-order valence-electron chi connectivity index (χ0n) is 11.5. The molecule has 1 heterocycles. The van der Waals surface area contributed by atoms with E-state index >= 15 is 0 Å². The molecule has 20 heavy (non-hydrogen) atoms. The summed E-state index contributed by atoms with van der Waals surface area (Å²) in [7, 11) is 0. The molecule has 6 heteroatoms. The number of nitrogens with two attached hydrogens (primary N) is 1. The predicted molar refractivity (Wildman–Crippen MR) is 77.6 cm³/mol. The van der Waals surface area contributed by atoms with E-state index in [4.69, 9.17) is 10.5 Å². The fraction of sp³-hybridized carbons (Fsp3) is 0.286. The highest BCUT2D eigenvalue weighted by molar-refractivity contribution is 5.91. The lowest BCUT2D eigenvalue weighted by Gasteiger charge is -2.12. The third-order valence-corrected chi connectivity index (χ3v) is 2.65. The van der Waals surface area contributed by atoms with Gasteiger partial charge in [-0.2, -0.15) is 5.10 Å². The van der Waals surface area contributed by atoms with Crippen molar-refractivity contribution in [3.63, 3.8) is 0 Å². The van der Waals surface area contributed by atoms with Gasteiger partial charge in [0.2, 0.25) is 0 Å². The van der Waals surface area contributed by atoms with Gasteiger partial charge in [0, 0.05) is 23.9 Å². The van der Waals surface area contributed by atoms with Crippen LogP contribution in [0.1, 0.15) is 19.9 Å². The largest absolute Gasteiger partial charge is 0.484 e. The lowest BCUT2D eigenvalue weighted by molar-refractivity contribution is -0.118. The number of rotatable bonds is 5. The molecule has 0 saturated heterocycles. The molecule has 2 aromatic rings. The summed E-state index contributed by atoms with van der Waals surface area (Å²) in [5.41, 5.74) is 6.23. The molecule has 0 aliphatic heterocycles. The van der Waals surface area contributed by atoms with Crippen molar-refractivity contribution in [2.24, 2.45) is 0 Å². The van der Waals surface area contributed by atoms with E-state index in [0.717, 1.165) is 0 Å². The SMILES string of the molecule is CC(C)n1nccc1NC(=O)COc1cccc(N)c1. The quantitative estimate of drug-likeness (QED) is 0.818. The van der Waals surface area contributed by atoms with Crippen molar-refractivity contribution >= 4 is 17.4 Å². The Balaban J connectivity index is 1.91. The summed E-state index contributed by atoms with van der Waals surface area (Å²) in [6, 6.07) is 8.88. The molecule has 3 N–H and O–H groups in total. The molecule has 0 aliphatic rings. The highest BCUT2D eigenvalue weighted by Crippen LogP contribution is 2.15. The van der Waals surface area contributed by atoms with E-state index in [1.54, 1.807) is 41.2 Å². The van der Waals surface area contributed by atoms with E-state index in [0.29, 0.717) is 17.3 Å². The summed E-state index contributed by atoms with van der Waals surface area (Å²) in [5, 5.41) is 6.91. The van der Waals surface area contributed by atoms with Gasteiger partial charge in [-0.05, 0) is 26.0 Å². The zero-order chi connectivity index (χ0) is 14.5. The monoisotopic (exact) mass is 274 g/mol. The average Bonchev–Trinajstić information content (AvgIpc) is 2.85. The highest BCUT2D eigenvalue weighted by atomic mass is 16.5. The molecule has 0 unspecified atom stereocenters. The number of nitrogens with one attached hydrogen (secondary N) is 1. The maximum absolute atomic E-state index is 11.8. The first-order valence-corrected chi connectivity index (χ1v) is 6.38. The minimum atomic E-state index is -0.241. The molecule has 0 fully saturated rings. The maximum Gasteiger partial charge on any atom is 0.263 e. The van der Waals surface area contributed by atoms with Crippen LogP contribution >= 0.6 is 0 Å². The number of amides is 1. The summed E-state index contributed by atoms with van der Waals surface area (Å²) in [5.74, 6) is 0.980. The van der Waals surface area contributed by atoms with E-state index in [-0.39, 0.29) is 18.6 Å². The number of hydrogen-bond acceptors (Lipinski definition) is 4. The van der Waals surface area contributed by atoms with Crippen LogP contribution in [0.4, 0.5) is 11.5 Å². The van der Waals surface area contributed by atoms with Crippen LogP contribution in [0.5, 0.6) is 5.75 Å². The topological polar surface area (TPSA) is 82.2 Å². The first-order chi connectivity index (χ1) is 9.56. The van der Waals surface area contributed by atoms with Gasteiger partial charge < -0.3 is 15.8 Å². The molecule has 6 nitrogen and oxygen atoms in total. The summed E-state index contributed by atoms with van der Waals surface area (Å²) in [6.45, 7) is 3.91. The Morgan fingerprint density at radius 3 is 2.95 bits per heavy atom. The second-order valence-electron chi connectivity index (χ2n) is 4.66. The molecule has 0 spiro atoms. The minimum Gasteiger partial charge on any atom is -0.484 e. The van der Waals surface area contributed by atoms with Gasteiger partial charge in [-0.1, -0.05) is 6.07 Å². The third-order valence-electron chi connectivity index (χ3n) is 2.65. The second kappa shape index (κ2) is 6.10. The number of aromatic nitrogens is 2. The molecule has 1 amide bonds. The van der Waals surface area contributed by atoms with Crippen LogP contribution in [-0.4, -0.2) is 22.3 Å². The number of benzene rings is 1. The van der Waals surface area contributed by atoms with Gasteiger partial charge in [0.1, 0.15) is 11.6 Å². The Bertz CT molecular complexity index is 592. The predicted octanol–water partition coefficient (Wildman–Crippen LogP) is 2.06. The van der Waals surface area contributed by atoms with Crippen molar-refractivity contribution in [2.75, 3.05) is 17.7 Å². The molecule has 0 radical (unpaired) electrons. The summed E-state index contributed by atoms with van der Waals surface area (Å²) < 4.78 is 7.11. The van der Waals surface area contributed by atoms with Crippen LogP contribution in [0.2, 0.25) is 0 Å². The van der Waals surface area contributed by atoms with Crippen LogP contribution < -0.4 is 15.8 Å². The van der Waals surface area contributed by atoms with Gasteiger partial charge >= 0.3 is 0 Å². The smallest absolute Gasteiger partial charge is 0.263 e. The lowest BCUT2D eigenvalue weighted by Crippen LogP contribution is -2.22. The van der Waals surface area contributed by atoms with Crippen LogP contribution in [-0.2, 0) is 4.79 Å². The second-order valence-corrected chi connectivity index (χ2v) is 4.66. The molecule has 0 saturated carbocycles. The van der Waals surface area contributed by atoms with Gasteiger partial charge in [0.15, 0.2) is 6.61 Å². The number of hydrogen-bond donors (Lipinski definition) is 2. The van der Waals surface area contributed by atoms with E-state index in [1.165, 1.54) is 0 Å². The molecule has 0 aliphatic carbocycles. The van der Waals surface area contributed by atoms with E-state index in [9.17, 15) is 4.79 Å². The normalized spacial score (nSPS) is 10.6. The van der Waals surface area contributed by atoms with Crippen molar-refractivity contribution in [3.05, 3.63) is 36.5 Å². The van der Waals surface area contributed by atoms with Crippen molar-refractivity contribution < 1.29 is 9.53 Å². The van der Waals surface area contributed by atoms with Gasteiger partial charge in [0.25, 0.3) is 5.91 Å². The Labute approximate surface area is 117 Å². The highest BCUT2D eigenvalue weighted by Gasteiger charge is 2.09. The van der Waals surface area contributed by atoms with Crippen LogP contribution in [0.3, 0.4) is 0 Å². The van der Waals surface area contributed by atoms with Gasteiger partial charge in [0.05, 0.1) is 6.20 Å². The van der Waals surface area contributed by atoms with Crippen LogP contribution in [0, 0.1) is 0 Å². The molecular weight excluding hydrogens is 256 g/mol. The van der Waals surface area contributed by atoms with E-state index in [1.807, 2.05) is 13.8 Å². The Kier molecular flexibility index (Phi) is 4.24. The molecule has 106 valence electrons. The Morgan fingerprint density at radius 1 is 1.45 bits per heavy atom. The Morgan fingerprint density at radius 2 is 2.25 bits per heavy atom. The average molecular weight is 274 g/mol. The fourth-order valence-electron chi connectivity index (χ4n) is 1.76. The molecule has 0 atom stereocenters. The number of carbonyl (C=O) groups is 1. The van der Waals surface area contributed by atoms with Crippen molar-refractivity contribution in [1.29, 1.82) is 0 Å². The van der Waals surface area contributed by atoms with E-state index < -0.39 is 0 Å². The molecule has 2 rings (SSSR count). The number of ether oxygens (including phenoxy) is 1. The fourth-order valence-corrected chi connectivity index (χ4v) is 1.76. The number of nitrogen functional groups attached to an aromatic ring is 1. The molecular formula is C14H18N4O2. The summed E-state index contributed by atoms with van der Waals surface area (Å²) >= 11 is 0. The molecule has 1 aromatic heterocycles. The first-order valence-electron chi connectivity index (χ1n) is 6.38. The third kappa shape index (κ3) is 3.50. The van der Waals surface area contributed by atoms with Gasteiger partial charge in [-0.15, -0.1) is 0 Å². The van der Waals surface area contributed by atoms with Crippen LogP contribution in [0.15, 0.2) is 36.5 Å². The minimum absolute atomic E-state index is 0.0767. The van der Waals surface area contributed by atoms with Gasteiger partial charge in [-0.25, -0.2) is 4.68 Å². The van der Waals surface area contributed by atoms with Crippen molar-refractivity contribution in [3.8, 4) is 5.75 Å². The first kappa shape index (κ1) is 13.9. The maximum atomic E-state index is 11.8.